The Labute approximate surface area is 159 Å². The molecule has 7 heteroatoms. The van der Waals surface area contributed by atoms with E-state index in [1.54, 1.807) is 31.3 Å². The van der Waals surface area contributed by atoms with E-state index in [0.29, 0.717) is 5.52 Å². The predicted octanol–water partition coefficient (Wildman–Crippen LogP) is 3.17. The van der Waals surface area contributed by atoms with Gasteiger partial charge in [-0.15, -0.1) is 0 Å². The van der Waals surface area contributed by atoms with Crippen LogP contribution in [0.5, 0.6) is 5.88 Å². The summed E-state index contributed by atoms with van der Waals surface area (Å²) in [5, 5.41) is 20.1. The van der Waals surface area contributed by atoms with Gasteiger partial charge in [0.2, 0.25) is 5.88 Å². The van der Waals surface area contributed by atoms with E-state index in [2.05, 4.69) is 4.98 Å². The second-order valence-electron chi connectivity index (χ2n) is 6.49. The van der Waals surface area contributed by atoms with Crippen LogP contribution in [-0.4, -0.2) is 19.2 Å². The fourth-order valence-corrected chi connectivity index (χ4v) is 3.22. The van der Waals surface area contributed by atoms with E-state index in [9.17, 15) is 19.6 Å². The lowest BCUT2D eigenvalue weighted by Crippen LogP contribution is -2.22. The molecule has 2 heterocycles. The monoisotopic (exact) mass is 374 g/mol. The molecule has 0 radical (unpaired) electrons. The van der Waals surface area contributed by atoms with Crippen LogP contribution in [-0.2, 0) is 13.6 Å². The second-order valence-corrected chi connectivity index (χ2v) is 6.49. The molecular formula is C21H15FN4O2. The molecule has 4 rings (SSSR count). The molecule has 0 saturated heterocycles. The molecule has 2 aromatic carbocycles. The first-order valence-electron chi connectivity index (χ1n) is 8.51. The number of hydrogen-bond donors (Lipinski definition) is 1. The molecule has 28 heavy (non-hydrogen) atoms. The quantitative estimate of drug-likeness (QED) is 0.597. The third-order valence-electron chi connectivity index (χ3n) is 4.60. The van der Waals surface area contributed by atoms with Crippen LogP contribution < -0.4 is 5.69 Å². The number of halogens is 1. The minimum Gasteiger partial charge on any atom is -0.493 e. The van der Waals surface area contributed by atoms with Gasteiger partial charge in [-0.1, -0.05) is 24.3 Å². The van der Waals surface area contributed by atoms with Gasteiger partial charge in [-0.2, -0.15) is 5.26 Å². The van der Waals surface area contributed by atoms with Crippen molar-refractivity contribution in [1.29, 1.82) is 5.26 Å². The molecule has 2 aromatic heterocycles. The number of imidazole rings is 1. The molecule has 1 N–H and O–H groups in total. The normalized spacial score (nSPS) is 10.9. The van der Waals surface area contributed by atoms with E-state index in [1.807, 2.05) is 18.2 Å². The fraction of sp³-hybridized carbons (Fsp3) is 0.0952. The van der Waals surface area contributed by atoms with Gasteiger partial charge >= 0.3 is 5.69 Å². The minimum absolute atomic E-state index is 0.127. The van der Waals surface area contributed by atoms with Crippen molar-refractivity contribution in [2.24, 2.45) is 7.05 Å². The molecule has 0 aliphatic rings. The van der Waals surface area contributed by atoms with Crippen LogP contribution in [0.4, 0.5) is 4.39 Å². The second kappa shape index (κ2) is 6.67. The van der Waals surface area contributed by atoms with Crippen molar-refractivity contribution in [1.82, 2.24) is 14.1 Å². The lowest BCUT2D eigenvalue weighted by Gasteiger charge is -2.10. The maximum Gasteiger partial charge on any atom is 0.331 e. The van der Waals surface area contributed by atoms with Gasteiger partial charge in [0.25, 0.3) is 0 Å². The largest absolute Gasteiger partial charge is 0.493 e. The van der Waals surface area contributed by atoms with Gasteiger partial charge < -0.3 is 5.11 Å². The first-order chi connectivity index (χ1) is 13.5. The van der Waals surface area contributed by atoms with Crippen LogP contribution in [0.15, 0.2) is 59.5 Å². The predicted molar refractivity (Wildman–Crippen MR) is 102 cm³/mol. The first kappa shape index (κ1) is 17.5. The molecule has 0 spiro atoms. The molecule has 0 saturated carbocycles. The van der Waals surface area contributed by atoms with Gasteiger partial charge in [-0.05, 0) is 41.0 Å². The number of nitriles is 1. The average molecular weight is 374 g/mol. The van der Waals surface area contributed by atoms with Gasteiger partial charge in [0.05, 0.1) is 18.3 Å². The zero-order valence-electron chi connectivity index (χ0n) is 14.9. The summed E-state index contributed by atoms with van der Waals surface area (Å²) in [6.07, 6.45) is 1.35. The summed E-state index contributed by atoms with van der Waals surface area (Å²) in [5.41, 5.74) is 2.79. The number of fused-ring (bicyclic) bond motifs is 1. The van der Waals surface area contributed by atoms with Crippen molar-refractivity contribution in [3.8, 4) is 23.1 Å². The summed E-state index contributed by atoms with van der Waals surface area (Å²) in [5.74, 6) is -0.462. The molecular weight excluding hydrogens is 359 g/mol. The topological polar surface area (TPSA) is 83.8 Å². The number of aromatic hydroxyl groups is 1. The Bertz CT molecular complexity index is 1300. The van der Waals surface area contributed by atoms with E-state index < -0.39 is 0 Å². The maximum atomic E-state index is 13.3. The molecule has 0 unspecified atom stereocenters. The molecule has 0 atom stereocenters. The van der Waals surface area contributed by atoms with Gasteiger partial charge in [-0.25, -0.2) is 14.2 Å². The van der Waals surface area contributed by atoms with Crippen LogP contribution >= 0.6 is 0 Å². The third kappa shape index (κ3) is 3.01. The Morgan fingerprint density at radius 3 is 2.57 bits per heavy atom. The number of benzene rings is 2. The van der Waals surface area contributed by atoms with Crippen LogP contribution in [0.1, 0.15) is 11.3 Å². The number of hydrogen-bond acceptors (Lipinski definition) is 4. The number of pyridine rings is 1. The molecule has 0 fully saturated rings. The smallest absolute Gasteiger partial charge is 0.331 e. The Morgan fingerprint density at radius 2 is 1.93 bits per heavy atom. The van der Waals surface area contributed by atoms with Crippen molar-refractivity contribution in [3.63, 3.8) is 0 Å². The summed E-state index contributed by atoms with van der Waals surface area (Å²) in [7, 11) is 1.56. The van der Waals surface area contributed by atoms with Gasteiger partial charge in [0, 0.05) is 12.4 Å². The molecule has 0 aliphatic heterocycles. The summed E-state index contributed by atoms with van der Waals surface area (Å²) in [4.78, 5) is 16.5. The average Bonchev–Trinajstić information content (AvgIpc) is 2.93. The van der Waals surface area contributed by atoms with E-state index in [-0.39, 0.29) is 29.6 Å². The van der Waals surface area contributed by atoms with Crippen LogP contribution in [0.2, 0.25) is 0 Å². The van der Waals surface area contributed by atoms with E-state index in [0.717, 1.165) is 22.1 Å². The van der Waals surface area contributed by atoms with Crippen LogP contribution in [0.25, 0.3) is 22.0 Å². The zero-order valence-corrected chi connectivity index (χ0v) is 14.9. The Balaban J connectivity index is 1.84. The first-order valence-corrected chi connectivity index (χ1v) is 8.51. The summed E-state index contributed by atoms with van der Waals surface area (Å²) < 4.78 is 15.8. The fourth-order valence-electron chi connectivity index (χ4n) is 3.22. The summed E-state index contributed by atoms with van der Waals surface area (Å²) in [6.45, 7) is 0.172. The molecule has 0 bridgehead atoms. The lowest BCUT2D eigenvalue weighted by molar-refractivity contribution is 0.421. The molecule has 0 amide bonds. The Hall–Kier alpha value is -3.92. The number of rotatable bonds is 3. The third-order valence-corrected chi connectivity index (χ3v) is 4.60. The number of nitrogens with zero attached hydrogens (tertiary/aromatic N) is 4. The van der Waals surface area contributed by atoms with Gasteiger partial charge in [-0.3, -0.25) is 9.13 Å². The SMILES string of the molecule is Cn1cc(O)n(Cc2ccc3c(-c4ccc(F)cc4)cc(C#N)nc3c2)c1=O. The van der Waals surface area contributed by atoms with E-state index in [4.69, 9.17) is 0 Å². The van der Waals surface area contributed by atoms with Crippen LogP contribution in [0, 0.1) is 17.1 Å². The highest BCUT2D eigenvalue weighted by molar-refractivity contribution is 5.95. The standard InChI is InChI=1S/C21H15FN4O2/c1-25-12-20(27)26(21(25)28)11-13-2-7-17-18(14-3-5-15(22)6-4-14)9-16(10-23)24-19(17)8-13/h2-9,12,27H,11H2,1H3. The maximum absolute atomic E-state index is 13.3. The summed E-state index contributed by atoms with van der Waals surface area (Å²) in [6, 6.07) is 15.2. The highest BCUT2D eigenvalue weighted by Gasteiger charge is 2.12. The van der Waals surface area contributed by atoms with Crippen molar-refractivity contribution >= 4 is 10.9 Å². The van der Waals surface area contributed by atoms with Gasteiger partial charge in [0.15, 0.2) is 0 Å². The lowest BCUT2D eigenvalue weighted by atomic mass is 9.99. The van der Waals surface area contributed by atoms with Crippen molar-refractivity contribution in [3.05, 3.63) is 82.3 Å². The zero-order chi connectivity index (χ0) is 19.8. The minimum atomic E-state index is -0.335. The van der Waals surface area contributed by atoms with Crippen molar-refractivity contribution in [2.75, 3.05) is 0 Å². The van der Waals surface area contributed by atoms with Crippen molar-refractivity contribution in [2.45, 2.75) is 6.54 Å². The Morgan fingerprint density at radius 1 is 1.18 bits per heavy atom. The van der Waals surface area contributed by atoms with Gasteiger partial charge in [0.1, 0.15) is 17.6 Å². The van der Waals surface area contributed by atoms with Crippen molar-refractivity contribution < 1.29 is 9.50 Å². The molecule has 0 aliphatic carbocycles. The summed E-state index contributed by atoms with van der Waals surface area (Å²) >= 11 is 0. The molecule has 4 aromatic rings. The van der Waals surface area contributed by atoms with E-state index in [1.165, 1.54) is 27.5 Å². The van der Waals surface area contributed by atoms with Crippen LogP contribution in [0.3, 0.4) is 0 Å². The highest BCUT2D eigenvalue weighted by atomic mass is 19.1. The molecule has 138 valence electrons. The molecule has 6 nitrogen and oxygen atoms in total. The number of aromatic nitrogens is 3. The highest BCUT2D eigenvalue weighted by Crippen LogP contribution is 2.29. The Kier molecular flexibility index (Phi) is 4.17. The van der Waals surface area contributed by atoms with E-state index >= 15 is 0 Å². The number of aryl methyl sites for hydroxylation is 1.